The number of likely N-dealkylation sites (N-methyl/N-ethyl adjacent to an activating group) is 2. The molecule has 90 valence electrons. The largest absolute Gasteiger partial charge is 0.373 e. The monoisotopic (exact) mass is 261 g/mol. The third-order valence-electron chi connectivity index (χ3n) is 2.76. The molecule has 6 heteroatoms. The number of thiazole rings is 1. The summed E-state index contributed by atoms with van der Waals surface area (Å²) in [6.45, 7) is 2.53. The summed E-state index contributed by atoms with van der Waals surface area (Å²) < 4.78 is 6.52. The lowest BCUT2D eigenvalue weighted by Gasteiger charge is -2.37. The van der Waals surface area contributed by atoms with E-state index < -0.39 is 0 Å². The minimum atomic E-state index is 0.144. The maximum absolute atomic E-state index is 5.93. The van der Waals surface area contributed by atoms with Gasteiger partial charge in [-0.1, -0.05) is 11.6 Å². The van der Waals surface area contributed by atoms with Crippen molar-refractivity contribution in [2.45, 2.75) is 12.1 Å². The van der Waals surface area contributed by atoms with Gasteiger partial charge in [-0.3, -0.25) is 4.90 Å². The lowest BCUT2D eigenvalue weighted by molar-refractivity contribution is -0.0606. The molecule has 2 atom stereocenters. The van der Waals surface area contributed by atoms with Crippen molar-refractivity contribution in [3.63, 3.8) is 0 Å². The molecular formula is C10H16ClN3OS. The van der Waals surface area contributed by atoms with Gasteiger partial charge < -0.3 is 10.1 Å². The summed E-state index contributed by atoms with van der Waals surface area (Å²) in [5.41, 5.74) is 0. The first-order chi connectivity index (χ1) is 7.72. The van der Waals surface area contributed by atoms with Gasteiger partial charge >= 0.3 is 0 Å². The Bertz CT molecular complexity index is 345. The summed E-state index contributed by atoms with van der Waals surface area (Å²) in [5.74, 6) is 0. The van der Waals surface area contributed by atoms with Crippen molar-refractivity contribution < 1.29 is 4.74 Å². The molecule has 1 aromatic heterocycles. The minimum Gasteiger partial charge on any atom is -0.373 e. The molecule has 0 spiro atoms. The lowest BCUT2D eigenvalue weighted by Crippen LogP contribution is -2.46. The van der Waals surface area contributed by atoms with Crippen LogP contribution in [0.2, 0.25) is 4.34 Å². The van der Waals surface area contributed by atoms with Crippen molar-refractivity contribution in [3.05, 3.63) is 15.5 Å². The Balaban J connectivity index is 2.18. The average Bonchev–Trinajstić information content (AvgIpc) is 2.65. The zero-order chi connectivity index (χ0) is 11.5. The van der Waals surface area contributed by atoms with Gasteiger partial charge in [0.25, 0.3) is 0 Å². The highest BCUT2D eigenvalue weighted by molar-refractivity contribution is 7.15. The van der Waals surface area contributed by atoms with Crippen LogP contribution in [0.4, 0.5) is 0 Å². The lowest BCUT2D eigenvalue weighted by atomic mass is 10.1. The Hall–Kier alpha value is -0.200. The average molecular weight is 262 g/mol. The maximum Gasteiger partial charge on any atom is 0.114 e. The molecule has 0 amide bonds. The Morgan fingerprint density at radius 3 is 3.19 bits per heavy atom. The first-order valence-corrected chi connectivity index (χ1v) is 6.49. The summed E-state index contributed by atoms with van der Waals surface area (Å²) in [6, 6.07) is 0.207. The fourth-order valence-electron chi connectivity index (χ4n) is 1.99. The molecule has 1 saturated heterocycles. The molecule has 1 aromatic rings. The summed E-state index contributed by atoms with van der Waals surface area (Å²) in [4.78, 5) is 6.64. The zero-order valence-corrected chi connectivity index (χ0v) is 11.0. The van der Waals surface area contributed by atoms with Crippen LogP contribution < -0.4 is 5.32 Å². The topological polar surface area (TPSA) is 37.4 Å². The van der Waals surface area contributed by atoms with Gasteiger partial charge in [0, 0.05) is 13.1 Å². The van der Waals surface area contributed by atoms with Gasteiger partial charge in [-0.15, -0.1) is 11.3 Å². The molecular weight excluding hydrogens is 246 g/mol. The predicted octanol–water partition coefficient (Wildman–Crippen LogP) is 1.39. The normalized spacial score (nSPS) is 27.2. The Morgan fingerprint density at radius 1 is 1.75 bits per heavy atom. The van der Waals surface area contributed by atoms with Crippen LogP contribution >= 0.6 is 22.9 Å². The first kappa shape index (κ1) is 12.3. The molecule has 4 nitrogen and oxygen atoms in total. The molecule has 0 aromatic carbocycles. The summed E-state index contributed by atoms with van der Waals surface area (Å²) in [6.07, 6.45) is 1.85. The molecule has 0 radical (unpaired) electrons. The summed E-state index contributed by atoms with van der Waals surface area (Å²) in [7, 11) is 4.04. The minimum absolute atomic E-state index is 0.144. The fraction of sp³-hybridized carbons (Fsp3) is 0.700. The van der Waals surface area contributed by atoms with Crippen LogP contribution in [-0.2, 0) is 4.74 Å². The van der Waals surface area contributed by atoms with E-state index in [2.05, 4.69) is 22.2 Å². The Morgan fingerprint density at radius 2 is 2.56 bits per heavy atom. The number of hydrogen-bond donors (Lipinski definition) is 1. The SMILES string of the molecule is CNCC1OCCN(C)C1c1ncc(Cl)s1. The van der Waals surface area contributed by atoms with Gasteiger partial charge in [0.05, 0.1) is 24.9 Å². The first-order valence-electron chi connectivity index (χ1n) is 5.30. The molecule has 2 heterocycles. The van der Waals surface area contributed by atoms with Crippen molar-refractivity contribution >= 4 is 22.9 Å². The number of ether oxygens (including phenoxy) is 1. The van der Waals surface area contributed by atoms with Crippen LogP contribution in [0.5, 0.6) is 0 Å². The molecule has 16 heavy (non-hydrogen) atoms. The number of morpholine rings is 1. The van der Waals surface area contributed by atoms with Crippen LogP contribution in [0.25, 0.3) is 0 Å². The smallest absolute Gasteiger partial charge is 0.114 e. The quantitative estimate of drug-likeness (QED) is 0.892. The van der Waals surface area contributed by atoms with E-state index in [1.165, 1.54) is 11.3 Å². The number of nitrogens with zero attached hydrogens (tertiary/aromatic N) is 2. The van der Waals surface area contributed by atoms with E-state index in [1.807, 2.05) is 7.05 Å². The third-order valence-corrected chi connectivity index (χ3v) is 3.94. The van der Waals surface area contributed by atoms with Gasteiger partial charge in [0.1, 0.15) is 9.34 Å². The van der Waals surface area contributed by atoms with Gasteiger partial charge in [0.2, 0.25) is 0 Å². The van der Waals surface area contributed by atoms with Crippen molar-refractivity contribution in [2.24, 2.45) is 0 Å². The molecule has 2 unspecified atom stereocenters. The molecule has 2 rings (SSSR count). The Kier molecular flexibility index (Phi) is 4.16. The predicted molar refractivity (Wildman–Crippen MR) is 66.2 cm³/mol. The van der Waals surface area contributed by atoms with E-state index in [0.29, 0.717) is 0 Å². The van der Waals surface area contributed by atoms with E-state index >= 15 is 0 Å². The van der Waals surface area contributed by atoms with Crippen molar-refractivity contribution in [2.75, 3.05) is 33.8 Å². The molecule has 0 bridgehead atoms. The van der Waals surface area contributed by atoms with Crippen molar-refractivity contribution in [1.82, 2.24) is 15.2 Å². The van der Waals surface area contributed by atoms with E-state index in [0.717, 1.165) is 29.0 Å². The summed E-state index contributed by atoms with van der Waals surface area (Å²) >= 11 is 7.47. The van der Waals surface area contributed by atoms with Gasteiger partial charge in [-0.05, 0) is 14.1 Å². The van der Waals surface area contributed by atoms with Gasteiger partial charge in [-0.25, -0.2) is 4.98 Å². The van der Waals surface area contributed by atoms with E-state index in [9.17, 15) is 0 Å². The molecule has 1 aliphatic rings. The maximum atomic E-state index is 5.93. The zero-order valence-electron chi connectivity index (χ0n) is 9.44. The van der Waals surface area contributed by atoms with E-state index in [-0.39, 0.29) is 12.1 Å². The van der Waals surface area contributed by atoms with Crippen molar-refractivity contribution in [3.8, 4) is 0 Å². The molecule has 0 saturated carbocycles. The molecule has 1 aliphatic heterocycles. The second kappa shape index (κ2) is 5.42. The van der Waals surface area contributed by atoms with Crippen LogP contribution in [0, 0.1) is 0 Å². The van der Waals surface area contributed by atoms with Crippen LogP contribution in [0.15, 0.2) is 6.20 Å². The van der Waals surface area contributed by atoms with Gasteiger partial charge in [-0.2, -0.15) is 0 Å². The Labute approximate surface area is 105 Å². The number of nitrogens with one attached hydrogen (secondary N) is 1. The number of aromatic nitrogens is 1. The van der Waals surface area contributed by atoms with Crippen LogP contribution in [0.3, 0.4) is 0 Å². The van der Waals surface area contributed by atoms with Crippen LogP contribution in [0.1, 0.15) is 11.0 Å². The highest BCUT2D eigenvalue weighted by atomic mass is 35.5. The summed E-state index contributed by atoms with van der Waals surface area (Å²) in [5, 5.41) is 4.19. The molecule has 1 N–H and O–H groups in total. The number of hydrogen-bond acceptors (Lipinski definition) is 5. The standard InChI is InChI=1S/C10H16ClN3OS/c1-12-5-7-9(14(2)3-4-15-7)10-13-6-8(11)16-10/h6-7,9,12H,3-5H2,1-2H3. The van der Waals surface area contributed by atoms with E-state index in [4.69, 9.17) is 16.3 Å². The second-order valence-electron chi connectivity index (χ2n) is 3.89. The molecule has 0 aliphatic carbocycles. The van der Waals surface area contributed by atoms with Gasteiger partial charge in [0.15, 0.2) is 0 Å². The highest BCUT2D eigenvalue weighted by Gasteiger charge is 2.33. The number of halogens is 1. The molecule has 1 fully saturated rings. The highest BCUT2D eigenvalue weighted by Crippen LogP contribution is 2.32. The van der Waals surface area contributed by atoms with Crippen LogP contribution in [-0.4, -0.2) is 49.8 Å². The number of rotatable bonds is 3. The van der Waals surface area contributed by atoms with Crippen molar-refractivity contribution in [1.29, 1.82) is 0 Å². The van der Waals surface area contributed by atoms with E-state index in [1.54, 1.807) is 6.20 Å². The third kappa shape index (κ3) is 2.55. The fourth-order valence-corrected chi connectivity index (χ4v) is 3.13. The second-order valence-corrected chi connectivity index (χ2v) is 5.59.